The van der Waals surface area contributed by atoms with Crippen molar-refractivity contribution in [2.24, 2.45) is 5.10 Å². The molecule has 0 fully saturated rings. The van der Waals surface area contributed by atoms with Crippen LogP contribution in [0.15, 0.2) is 56.8 Å². The minimum atomic E-state index is -0.318. The molecule has 0 saturated carbocycles. The number of hydrogen-bond donors (Lipinski definition) is 1. The number of para-hydroxylation sites is 1. The average Bonchev–Trinajstić information content (AvgIpc) is 2.87. The van der Waals surface area contributed by atoms with Crippen molar-refractivity contribution in [3.8, 4) is 28.6 Å². The van der Waals surface area contributed by atoms with Gasteiger partial charge < -0.3 is 14.6 Å². The highest BCUT2D eigenvalue weighted by Crippen LogP contribution is 2.41. The standard InChI is InChI=1S/C27H25BrClN3O4/c1-14(2)18-12-19(15(3)10-21(18)35-4)26-31-20-9-7-6-8-17(20)27(34)32(26)30-13-16-11-22(36-5)25(33)24(29)23(16)28/h6-14,33H,1-5H3. The topological polar surface area (TPSA) is 85.9 Å². The highest BCUT2D eigenvalue weighted by molar-refractivity contribution is 9.10. The van der Waals surface area contributed by atoms with Crippen molar-refractivity contribution in [2.45, 2.75) is 26.7 Å². The van der Waals surface area contributed by atoms with Gasteiger partial charge in [-0.05, 0) is 70.2 Å². The van der Waals surface area contributed by atoms with Crippen LogP contribution in [-0.2, 0) is 0 Å². The number of aromatic hydroxyl groups is 1. The quantitative estimate of drug-likeness (QED) is 0.267. The van der Waals surface area contributed by atoms with Crippen molar-refractivity contribution in [3.63, 3.8) is 0 Å². The number of benzene rings is 3. The summed E-state index contributed by atoms with van der Waals surface area (Å²) in [4.78, 5) is 18.4. The molecule has 3 aromatic carbocycles. The lowest BCUT2D eigenvalue weighted by Crippen LogP contribution is -2.21. The zero-order chi connectivity index (χ0) is 26.1. The lowest BCUT2D eigenvalue weighted by molar-refractivity contribution is 0.373. The van der Waals surface area contributed by atoms with E-state index in [1.807, 2.05) is 25.1 Å². The second-order valence-corrected chi connectivity index (χ2v) is 9.69. The summed E-state index contributed by atoms with van der Waals surface area (Å²) in [5.41, 5.74) is 3.41. The van der Waals surface area contributed by atoms with Gasteiger partial charge in [-0.3, -0.25) is 4.79 Å². The molecule has 0 amide bonds. The molecule has 1 aromatic heterocycles. The molecule has 1 heterocycles. The Labute approximate surface area is 222 Å². The van der Waals surface area contributed by atoms with E-state index < -0.39 is 0 Å². The van der Waals surface area contributed by atoms with Gasteiger partial charge in [0.15, 0.2) is 17.3 Å². The molecule has 1 N–H and O–H groups in total. The van der Waals surface area contributed by atoms with Crippen LogP contribution >= 0.6 is 27.5 Å². The summed E-state index contributed by atoms with van der Waals surface area (Å²) in [6.45, 7) is 6.10. The molecule has 4 rings (SSSR count). The summed E-state index contributed by atoms with van der Waals surface area (Å²) in [7, 11) is 3.07. The number of fused-ring (bicyclic) bond motifs is 1. The first-order valence-corrected chi connectivity index (χ1v) is 12.3. The van der Waals surface area contributed by atoms with Crippen molar-refractivity contribution < 1.29 is 14.6 Å². The van der Waals surface area contributed by atoms with Gasteiger partial charge in [0.1, 0.15) is 10.8 Å². The molecule has 0 atom stereocenters. The number of phenols is 1. The number of aryl methyl sites for hydroxylation is 1. The molecule has 7 nitrogen and oxygen atoms in total. The normalized spacial score (nSPS) is 11.6. The van der Waals surface area contributed by atoms with Crippen molar-refractivity contribution in [1.82, 2.24) is 9.66 Å². The third-order valence-electron chi connectivity index (χ3n) is 5.90. The number of phenolic OH excluding ortho intramolecular Hbond substituents is 1. The van der Waals surface area contributed by atoms with E-state index in [4.69, 9.17) is 26.1 Å². The van der Waals surface area contributed by atoms with Crippen LogP contribution in [0.3, 0.4) is 0 Å². The van der Waals surface area contributed by atoms with Crippen molar-refractivity contribution in [2.75, 3.05) is 14.2 Å². The molecule has 9 heteroatoms. The Morgan fingerprint density at radius 1 is 1.14 bits per heavy atom. The average molecular weight is 571 g/mol. The minimum Gasteiger partial charge on any atom is -0.503 e. The molecule has 0 radical (unpaired) electrons. The molecular formula is C27H25BrClN3O4. The Morgan fingerprint density at radius 2 is 1.83 bits per heavy atom. The lowest BCUT2D eigenvalue weighted by atomic mass is 9.96. The van der Waals surface area contributed by atoms with Crippen molar-refractivity contribution >= 4 is 44.6 Å². The van der Waals surface area contributed by atoms with E-state index in [0.29, 0.717) is 26.8 Å². The largest absolute Gasteiger partial charge is 0.503 e. The van der Waals surface area contributed by atoms with Crippen LogP contribution < -0.4 is 15.0 Å². The fourth-order valence-electron chi connectivity index (χ4n) is 3.95. The zero-order valence-electron chi connectivity index (χ0n) is 20.5. The predicted molar refractivity (Wildman–Crippen MR) is 147 cm³/mol. The van der Waals surface area contributed by atoms with Gasteiger partial charge in [0.2, 0.25) is 0 Å². The Balaban J connectivity index is 2.01. The third-order valence-corrected chi connectivity index (χ3v) is 7.35. The Kier molecular flexibility index (Phi) is 7.38. The van der Waals surface area contributed by atoms with Gasteiger partial charge in [-0.2, -0.15) is 9.78 Å². The first-order chi connectivity index (χ1) is 17.2. The van der Waals surface area contributed by atoms with Crippen LogP contribution in [0.4, 0.5) is 0 Å². The van der Waals surface area contributed by atoms with Crippen molar-refractivity contribution in [1.29, 1.82) is 0 Å². The molecule has 0 saturated heterocycles. The molecule has 0 unspecified atom stereocenters. The number of nitrogens with zero attached hydrogens (tertiary/aromatic N) is 3. The molecule has 0 aliphatic carbocycles. The predicted octanol–water partition coefficient (Wildman–Crippen LogP) is 6.52. The van der Waals surface area contributed by atoms with Gasteiger partial charge in [0, 0.05) is 15.6 Å². The molecular weight excluding hydrogens is 546 g/mol. The fourth-order valence-corrected chi connectivity index (χ4v) is 4.56. The van der Waals surface area contributed by atoms with Gasteiger partial charge in [-0.25, -0.2) is 4.98 Å². The van der Waals surface area contributed by atoms with E-state index >= 15 is 0 Å². The number of rotatable bonds is 6. The van der Waals surface area contributed by atoms with E-state index in [2.05, 4.69) is 34.9 Å². The molecule has 186 valence electrons. The van der Waals surface area contributed by atoms with Gasteiger partial charge in [0.25, 0.3) is 5.56 Å². The van der Waals surface area contributed by atoms with Gasteiger partial charge in [-0.1, -0.05) is 37.6 Å². The van der Waals surface area contributed by atoms with E-state index in [-0.39, 0.29) is 28.0 Å². The van der Waals surface area contributed by atoms with E-state index in [9.17, 15) is 9.90 Å². The minimum absolute atomic E-state index is 0.0765. The van der Waals surface area contributed by atoms with Crippen LogP contribution in [0.2, 0.25) is 5.02 Å². The second-order valence-electron chi connectivity index (χ2n) is 8.52. The summed E-state index contributed by atoms with van der Waals surface area (Å²) in [6, 6.07) is 12.7. The van der Waals surface area contributed by atoms with Crippen LogP contribution in [-0.4, -0.2) is 35.2 Å². The second kappa shape index (κ2) is 10.3. The Hall–Kier alpha value is -3.36. The van der Waals surface area contributed by atoms with Crippen LogP contribution in [0, 0.1) is 6.92 Å². The van der Waals surface area contributed by atoms with Crippen molar-refractivity contribution in [3.05, 3.63) is 79.0 Å². The third kappa shape index (κ3) is 4.58. The van der Waals surface area contributed by atoms with Gasteiger partial charge >= 0.3 is 0 Å². The maximum Gasteiger partial charge on any atom is 0.282 e. The van der Waals surface area contributed by atoms with E-state index in [1.165, 1.54) is 18.0 Å². The SMILES string of the molecule is COc1cc(C)c(-c2nc3ccccc3c(=O)n2N=Cc2cc(OC)c(O)c(Cl)c2Br)cc1C(C)C. The summed E-state index contributed by atoms with van der Waals surface area (Å²) in [6.07, 6.45) is 1.47. The van der Waals surface area contributed by atoms with Gasteiger partial charge in [-0.15, -0.1) is 0 Å². The molecule has 0 aliphatic rings. The van der Waals surface area contributed by atoms with Crippen LogP contribution in [0.1, 0.15) is 36.5 Å². The summed E-state index contributed by atoms with van der Waals surface area (Å²) in [5, 5.41) is 15.2. The first-order valence-electron chi connectivity index (χ1n) is 11.2. The zero-order valence-corrected chi connectivity index (χ0v) is 22.8. The number of methoxy groups -OCH3 is 2. The van der Waals surface area contributed by atoms with Crippen LogP contribution in [0.25, 0.3) is 22.3 Å². The first kappa shape index (κ1) is 25.7. The van der Waals surface area contributed by atoms with E-state index in [0.717, 1.165) is 22.4 Å². The van der Waals surface area contributed by atoms with Gasteiger partial charge in [0.05, 0.1) is 31.3 Å². The number of aromatic nitrogens is 2. The maximum absolute atomic E-state index is 13.6. The van der Waals surface area contributed by atoms with E-state index in [1.54, 1.807) is 31.4 Å². The highest BCUT2D eigenvalue weighted by atomic mass is 79.9. The lowest BCUT2D eigenvalue weighted by Gasteiger charge is -2.17. The number of halogens is 2. The smallest absolute Gasteiger partial charge is 0.282 e. The fraction of sp³-hybridized carbons (Fsp3) is 0.222. The van der Waals surface area contributed by atoms with Crippen LogP contribution in [0.5, 0.6) is 17.2 Å². The number of ether oxygens (including phenoxy) is 2. The summed E-state index contributed by atoms with van der Waals surface area (Å²) in [5.74, 6) is 1.35. The number of hydrogen-bond acceptors (Lipinski definition) is 6. The molecule has 0 spiro atoms. The molecule has 36 heavy (non-hydrogen) atoms. The summed E-state index contributed by atoms with van der Waals surface area (Å²) < 4.78 is 12.5. The molecule has 4 aromatic rings. The monoisotopic (exact) mass is 569 g/mol. The molecule has 0 bridgehead atoms. The summed E-state index contributed by atoms with van der Waals surface area (Å²) >= 11 is 9.64. The molecule has 0 aliphatic heterocycles. The highest BCUT2D eigenvalue weighted by Gasteiger charge is 2.19. The Morgan fingerprint density at radius 3 is 2.50 bits per heavy atom. The Bertz CT molecular complexity index is 1560. The maximum atomic E-state index is 13.6.